The molecule has 0 saturated heterocycles. The minimum Gasteiger partial charge on any atom is -0.479 e. The van der Waals surface area contributed by atoms with E-state index in [0.29, 0.717) is 4.90 Å². The number of hydrogen-bond donors (Lipinski definition) is 3. The molecule has 1 rings (SSSR count). The number of thioether (sulfide) groups is 1. The molecule has 8 heteroatoms. The molecule has 0 heterocycles. The fraction of sp³-hybridized carbons (Fsp3) is 0.333. The van der Waals surface area contributed by atoms with Gasteiger partial charge in [-0.25, -0.2) is 13.6 Å². The van der Waals surface area contributed by atoms with Gasteiger partial charge in [-0.2, -0.15) is 0 Å². The van der Waals surface area contributed by atoms with Crippen molar-refractivity contribution >= 4 is 23.6 Å². The smallest absolute Gasteiger partial charge is 0.337 e. The summed E-state index contributed by atoms with van der Waals surface area (Å²) in [5.74, 6) is -1.85. The van der Waals surface area contributed by atoms with Gasteiger partial charge in [0.25, 0.3) is 6.43 Å². The fourth-order valence-electron chi connectivity index (χ4n) is 1.23. The lowest BCUT2D eigenvalue weighted by atomic mass is 10.2. The Labute approximate surface area is 118 Å². The molecule has 5 nitrogen and oxygen atoms in total. The van der Waals surface area contributed by atoms with E-state index in [4.69, 9.17) is 10.8 Å². The molecule has 110 valence electrons. The minimum atomic E-state index is -2.58. The molecule has 1 aromatic carbocycles. The van der Waals surface area contributed by atoms with Gasteiger partial charge in [0.05, 0.1) is 6.04 Å². The molecule has 0 saturated carbocycles. The number of hydrogen-bond acceptors (Lipinski definition) is 4. The van der Waals surface area contributed by atoms with E-state index in [0.717, 1.165) is 11.8 Å². The predicted octanol–water partition coefficient (Wildman–Crippen LogP) is 1.59. The average molecular weight is 304 g/mol. The van der Waals surface area contributed by atoms with Crippen LogP contribution < -0.4 is 11.1 Å². The first-order valence-corrected chi connectivity index (χ1v) is 6.52. The van der Waals surface area contributed by atoms with Gasteiger partial charge in [0.2, 0.25) is 5.91 Å². The maximum Gasteiger partial charge on any atom is 0.337 e. The highest BCUT2D eigenvalue weighted by Crippen LogP contribution is 2.25. The molecule has 0 bridgehead atoms. The second kappa shape index (κ2) is 7.20. The van der Waals surface area contributed by atoms with E-state index in [9.17, 15) is 18.4 Å². The largest absolute Gasteiger partial charge is 0.479 e. The minimum absolute atomic E-state index is 0.152. The monoisotopic (exact) mass is 304 g/mol. The van der Waals surface area contributed by atoms with Crippen LogP contribution in [0.2, 0.25) is 0 Å². The summed E-state index contributed by atoms with van der Waals surface area (Å²) in [6, 6.07) is 4.33. The Balaban J connectivity index is 2.75. The molecule has 2 atom stereocenters. The fourth-order valence-corrected chi connectivity index (χ4v) is 2.07. The van der Waals surface area contributed by atoms with Crippen LogP contribution >= 0.6 is 11.8 Å². The number of nitrogens with one attached hydrogen (secondary N) is 1. The van der Waals surface area contributed by atoms with Crippen LogP contribution in [-0.2, 0) is 9.59 Å². The molecule has 0 aliphatic heterocycles. The van der Waals surface area contributed by atoms with Crippen molar-refractivity contribution in [1.29, 1.82) is 0 Å². The predicted molar refractivity (Wildman–Crippen MR) is 70.5 cm³/mol. The molecular formula is C12H14F2N2O3S. The second-order valence-corrected chi connectivity index (χ2v) is 5.18. The molecule has 0 aliphatic carbocycles. The van der Waals surface area contributed by atoms with Crippen molar-refractivity contribution in [3.05, 3.63) is 29.8 Å². The van der Waals surface area contributed by atoms with Crippen molar-refractivity contribution in [3.63, 3.8) is 0 Å². The summed E-state index contributed by atoms with van der Waals surface area (Å²) >= 11 is 0.831. The van der Waals surface area contributed by atoms with Gasteiger partial charge in [-0.05, 0) is 19.1 Å². The molecule has 0 fully saturated rings. The highest BCUT2D eigenvalue weighted by Gasteiger charge is 2.22. The summed E-state index contributed by atoms with van der Waals surface area (Å²) in [6.45, 7) is 1.43. The van der Waals surface area contributed by atoms with Gasteiger partial charge in [-0.15, -0.1) is 0 Å². The summed E-state index contributed by atoms with van der Waals surface area (Å²) in [6.07, 6.45) is -2.58. The average Bonchev–Trinajstić information content (AvgIpc) is 2.38. The lowest BCUT2D eigenvalue weighted by molar-refractivity contribution is -0.139. The summed E-state index contributed by atoms with van der Waals surface area (Å²) in [5.41, 5.74) is 5.18. The Morgan fingerprint density at radius 1 is 1.30 bits per heavy atom. The number of carbonyl (C=O) groups is 2. The van der Waals surface area contributed by atoms with Crippen LogP contribution in [0.25, 0.3) is 0 Å². The Hall–Kier alpha value is -1.67. The normalized spacial score (nSPS) is 13.8. The zero-order valence-electron chi connectivity index (χ0n) is 10.5. The number of carboxylic acid groups (broad SMARTS) is 1. The zero-order chi connectivity index (χ0) is 15.3. The number of alkyl halides is 2. The van der Waals surface area contributed by atoms with Gasteiger partial charge in [0.15, 0.2) is 5.37 Å². The third-order valence-electron chi connectivity index (χ3n) is 2.30. The van der Waals surface area contributed by atoms with E-state index in [2.05, 4.69) is 5.32 Å². The molecule has 0 aromatic heterocycles. The summed E-state index contributed by atoms with van der Waals surface area (Å²) in [5, 5.41) is 10.0. The molecule has 20 heavy (non-hydrogen) atoms. The molecule has 1 aromatic rings. The molecule has 1 amide bonds. The SMILES string of the molecule is C[C@@H](N)C(=O)NC(Sc1ccc(C(F)F)cc1)C(=O)O. The van der Waals surface area contributed by atoms with E-state index in [1.165, 1.54) is 31.2 Å². The molecule has 0 spiro atoms. The molecule has 0 radical (unpaired) electrons. The number of rotatable bonds is 6. The number of carbonyl (C=O) groups excluding carboxylic acids is 1. The molecule has 1 unspecified atom stereocenters. The molecular weight excluding hydrogens is 290 g/mol. The van der Waals surface area contributed by atoms with Crippen molar-refractivity contribution in [2.24, 2.45) is 5.73 Å². The van der Waals surface area contributed by atoms with Crippen molar-refractivity contribution in [1.82, 2.24) is 5.32 Å². The van der Waals surface area contributed by atoms with E-state index in [1.54, 1.807) is 0 Å². The lowest BCUT2D eigenvalue weighted by Crippen LogP contribution is -2.45. The van der Waals surface area contributed by atoms with Crippen LogP contribution in [0.3, 0.4) is 0 Å². The topological polar surface area (TPSA) is 92.4 Å². The van der Waals surface area contributed by atoms with Crippen LogP contribution in [0.5, 0.6) is 0 Å². The van der Waals surface area contributed by atoms with Crippen molar-refractivity contribution in [2.75, 3.05) is 0 Å². The summed E-state index contributed by atoms with van der Waals surface area (Å²) < 4.78 is 24.8. The number of amides is 1. The quantitative estimate of drug-likeness (QED) is 0.548. The van der Waals surface area contributed by atoms with Crippen LogP contribution in [0.4, 0.5) is 8.78 Å². The van der Waals surface area contributed by atoms with Gasteiger partial charge in [0, 0.05) is 10.5 Å². The van der Waals surface area contributed by atoms with Crippen molar-refractivity contribution in [3.8, 4) is 0 Å². The number of aliphatic carboxylic acids is 1. The number of benzene rings is 1. The van der Waals surface area contributed by atoms with Gasteiger partial charge >= 0.3 is 5.97 Å². The summed E-state index contributed by atoms with van der Waals surface area (Å²) in [7, 11) is 0. The molecule has 0 aliphatic rings. The highest BCUT2D eigenvalue weighted by atomic mass is 32.2. The highest BCUT2D eigenvalue weighted by molar-refractivity contribution is 8.00. The van der Waals surface area contributed by atoms with Crippen molar-refractivity contribution < 1.29 is 23.5 Å². The second-order valence-electron chi connectivity index (χ2n) is 4.00. The first-order valence-electron chi connectivity index (χ1n) is 5.64. The van der Waals surface area contributed by atoms with Crippen LogP contribution in [0, 0.1) is 0 Å². The summed E-state index contributed by atoms with van der Waals surface area (Å²) in [4.78, 5) is 22.9. The van der Waals surface area contributed by atoms with Gasteiger partial charge in [-0.1, -0.05) is 23.9 Å². The van der Waals surface area contributed by atoms with Crippen LogP contribution in [0.1, 0.15) is 18.9 Å². The number of nitrogens with two attached hydrogens (primary N) is 1. The first-order chi connectivity index (χ1) is 9.31. The zero-order valence-corrected chi connectivity index (χ0v) is 11.4. The van der Waals surface area contributed by atoms with Crippen molar-refractivity contribution in [2.45, 2.75) is 29.7 Å². The van der Waals surface area contributed by atoms with E-state index >= 15 is 0 Å². The first kappa shape index (κ1) is 16.4. The van der Waals surface area contributed by atoms with Gasteiger partial charge < -0.3 is 16.2 Å². The maximum absolute atomic E-state index is 12.4. The van der Waals surface area contributed by atoms with Gasteiger partial charge in [-0.3, -0.25) is 4.79 Å². The van der Waals surface area contributed by atoms with Gasteiger partial charge in [0.1, 0.15) is 0 Å². The van der Waals surface area contributed by atoms with E-state index < -0.39 is 29.7 Å². The third kappa shape index (κ3) is 4.78. The number of halogens is 2. The Morgan fingerprint density at radius 3 is 2.25 bits per heavy atom. The van der Waals surface area contributed by atoms with Crippen LogP contribution in [-0.4, -0.2) is 28.4 Å². The lowest BCUT2D eigenvalue weighted by Gasteiger charge is -2.15. The van der Waals surface area contributed by atoms with E-state index in [-0.39, 0.29) is 5.56 Å². The Bertz CT molecular complexity index is 480. The standard InChI is InChI=1S/C12H14F2N2O3S/c1-6(15)10(17)16-11(12(18)19)20-8-4-2-7(3-5-8)9(13)14/h2-6,9,11H,15H2,1H3,(H,16,17)(H,18,19)/t6-,11?/m1/s1. The Morgan fingerprint density at radius 2 is 1.85 bits per heavy atom. The van der Waals surface area contributed by atoms with Crippen LogP contribution in [0.15, 0.2) is 29.2 Å². The Kier molecular flexibility index (Phi) is 5.90. The maximum atomic E-state index is 12.4. The van der Waals surface area contributed by atoms with E-state index in [1.807, 2.05) is 0 Å². The number of carboxylic acids is 1. The molecule has 4 N–H and O–H groups in total. The third-order valence-corrected chi connectivity index (χ3v) is 3.40.